The van der Waals surface area contributed by atoms with Crippen molar-refractivity contribution in [3.63, 3.8) is 0 Å². The molecule has 0 saturated heterocycles. The van der Waals surface area contributed by atoms with Gasteiger partial charge < -0.3 is 10.4 Å². The average molecular weight is 286 g/mol. The van der Waals surface area contributed by atoms with E-state index in [9.17, 15) is 9.50 Å². The molecule has 0 aromatic heterocycles. The van der Waals surface area contributed by atoms with Crippen molar-refractivity contribution in [2.24, 2.45) is 0 Å². The molecule has 2 nitrogen and oxygen atoms in total. The zero-order valence-corrected chi connectivity index (χ0v) is 12.0. The molecule has 0 bridgehead atoms. The smallest absolute Gasteiger partial charge is 0.141 e. The van der Waals surface area contributed by atoms with E-state index in [1.807, 2.05) is 0 Å². The van der Waals surface area contributed by atoms with Crippen LogP contribution in [-0.2, 0) is 6.42 Å². The Kier molecular flexibility index (Phi) is 4.82. The van der Waals surface area contributed by atoms with Crippen molar-refractivity contribution in [3.8, 4) is 0 Å². The number of rotatable bonds is 4. The molecule has 1 aromatic rings. The Hall–Kier alpha value is -0.640. The van der Waals surface area contributed by atoms with E-state index in [1.54, 1.807) is 12.1 Å². The Balaban J connectivity index is 1.96. The maximum atomic E-state index is 13.1. The monoisotopic (exact) mass is 285 g/mol. The van der Waals surface area contributed by atoms with Gasteiger partial charge in [0.15, 0.2) is 0 Å². The van der Waals surface area contributed by atoms with Crippen molar-refractivity contribution < 1.29 is 9.50 Å². The molecule has 1 aromatic carbocycles. The van der Waals surface area contributed by atoms with Gasteiger partial charge in [0.25, 0.3) is 0 Å². The molecule has 106 valence electrons. The van der Waals surface area contributed by atoms with Crippen LogP contribution in [0.2, 0.25) is 5.02 Å². The summed E-state index contributed by atoms with van der Waals surface area (Å²) >= 11 is 5.77. The summed E-state index contributed by atoms with van der Waals surface area (Å²) in [5.74, 6) is -0.409. The molecule has 1 aliphatic rings. The van der Waals surface area contributed by atoms with Crippen molar-refractivity contribution in [2.45, 2.75) is 50.7 Å². The first-order valence-electron chi connectivity index (χ1n) is 6.92. The Labute approximate surface area is 119 Å². The number of nitrogens with one attached hydrogen (secondary N) is 1. The molecule has 0 atom stereocenters. The number of hydrogen-bond donors (Lipinski definition) is 2. The van der Waals surface area contributed by atoms with Crippen LogP contribution in [-0.4, -0.2) is 23.3 Å². The van der Waals surface area contributed by atoms with E-state index in [0.29, 0.717) is 12.5 Å². The summed E-state index contributed by atoms with van der Waals surface area (Å²) in [6.45, 7) is 3.07. The highest BCUT2D eigenvalue weighted by molar-refractivity contribution is 6.30. The summed E-state index contributed by atoms with van der Waals surface area (Å²) in [6, 6.07) is 5.20. The van der Waals surface area contributed by atoms with E-state index < -0.39 is 11.4 Å². The van der Waals surface area contributed by atoms with Crippen molar-refractivity contribution in [1.29, 1.82) is 0 Å². The van der Waals surface area contributed by atoms with Gasteiger partial charge in [-0.2, -0.15) is 0 Å². The Bertz CT molecular complexity index is 430. The van der Waals surface area contributed by atoms with Gasteiger partial charge in [-0.15, -0.1) is 0 Å². The van der Waals surface area contributed by atoms with Crippen LogP contribution in [0.15, 0.2) is 18.2 Å². The number of halogens is 2. The van der Waals surface area contributed by atoms with Gasteiger partial charge in [0.1, 0.15) is 5.82 Å². The zero-order valence-electron chi connectivity index (χ0n) is 11.3. The van der Waals surface area contributed by atoms with Crippen molar-refractivity contribution in [3.05, 3.63) is 34.6 Å². The quantitative estimate of drug-likeness (QED) is 0.890. The van der Waals surface area contributed by atoms with Crippen molar-refractivity contribution in [2.75, 3.05) is 6.54 Å². The molecule has 2 N–H and O–H groups in total. The predicted octanol–water partition coefficient (Wildman–Crippen LogP) is 3.30. The lowest BCUT2D eigenvalue weighted by Crippen LogP contribution is -2.42. The summed E-state index contributed by atoms with van der Waals surface area (Å²) in [5, 5.41) is 14.2. The standard InChI is InChI=1S/C15H21ClFNO/c1-2-18-12-5-7-15(19,8-6-12)10-11-3-4-14(17)13(16)9-11/h3-4,9,12,18-19H,2,5-8,10H2,1H3. The molecule has 0 amide bonds. The first-order valence-corrected chi connectivity index (χ1v) is 7.30. The number of hydrogen-bond acceptors (Lipinski definition) is 2. The van der Waals surface area contributed by atoms with Crippen LogP contribution < -0.4 is 5.32 Å². The van der Waals surface area contributed by atoms with E-state index in [-0.39, 0.29) is 5.02 Å². The maximum Gasteiger partial charge on any atom is 0.141 e. The molecule has 1 aliphatic carbocycles. The fraction of sp³-hybridized carbons (Fsp3) is 0.600. The predicted molar refractivity (Wildman–Crippen MR) is 76.0 cm³/mol. The largest absolute Gasteiger partial charge is 0.390 e. The van der Waals surface area contributed by atoms with Crippen LogP contribution >= 0.6 is 11.6 Å². The average Bonchev–Trinajstić information content (AvgIpc) is 2.37. The summed E-state index contributed by atoms with van der Waals surface area (Å²) < 4.78 is 13.1. The number of aliphatic hydroxyl groups is 1. The Morgan fingerprint density at radius 1 is 1.42 bits per heavy atom. The van der Waals surface area contributed by atoms with Gasteiger partial charge in [0, 0.05) is 12.5 Å². The van der Waals surface area contributed by atoms with Crippen LogP contribution in [0.25, 0.3) is 0 Å². The second-order valence-electron chi connectivity index (χ2n) is 5.48. The third kappa shape index (κ3) is 3.91. The molecule has 4 heteroatoms. The van der Waals surface area contributed by atoms with Crippen LogP contribution in [0.4, 0.5) is 4.39 Å². The summed E-state index contributed by atoms with van der Waals surface area (Å²) in [4.78, 5) is 0. The van der Waals surface area contributed by atoms with E-state index in [1.165, 1.54) is 6.07 Å². The molecule has 1 fully saturated rings. The van der Waals surface area contributed by atoms with Crippen LogP contribution in [0.5, 0.6) is 0 Å². The van der Waals surface area contributed by atoms with Crippen molar-refractivity contribution >= 4 is 11.6 Å². The summed E-state index contributed by atoms with van der Waals surface area (Å²) in [6.07, 6.45) is 4.07. The van der Waals surface area contributed by atoms with Crippen LogP contribution in [0.1, 0.15) is 38.2 Å². The van der Waals surface area contributed by atoms with Crippen LogP contribution in [0, 0.1) is 5.82 Å². The molecule has 0 unspecified atom stereocenters. The molecule has 0 heterocycles. The van der Waals surface area contributed by atoms with Gasteiger partial charge in [0.2, 0.25) is 0 Å². The minimum atomic E-state index is -0.674. The molecule has 2 rings (SSSR count). The minimum absolute atomic E-state index is 0.127. The second-order valence-corrected chi connectivity index (χ2v) is 5.89. The Morgan fingerprint density at radius 2 is 2.11 bits per heavy atom. The van der Waals surface area contributed by atoms with E-state index in [2.05, 4.69) is 12.2 Å². The second kappa shape index (κ2) is 6.21. The fourth-order valence-corrected chi connectivity index (χ4v) is 3.06. The fourth-order valence-electron chi connectivity index (χ4n) is 2.85. The van der Waals surface area contributed by atoms with E-state index in [4.69, 9.17) is 11.6 Å². The molecule has 0 aliphatic heterocycles. The third-order valence-electron chi connectivity index (χ3n) is 3.93. The third-order valence-corrected chi connectivity index (χ3v) is 4.22. The van der Waals surface area contributed by atoms with Gasteiger partial charge >= 0.3 is 0 Å². The molecule has 19 heavy (non-hydrogen) atoms. The van der Waals surface area contributed by atoms with Gasteiger partial charge in [-0.05, 0) is 49.9 Å². The highest BCUT2D eigenvalue weighted by Crippen LogP contribution is 2.32. The van der Waals surface area contributed by atoms with Gasteiger partial charge in [0.05, 0.1) is 10.6 Å². The van der Waals surface area contributed by atoms with Gasteiger partial charge in [-0.1, -0.05) is 24.6 Å². The zero-order chi connectivity index (χ0) is 13.9. The van der Waals surface area contributed by atoms with Gasteiger partial charge in [-0.3, -0.25) is 0 Å². The van der Waals surface area contributed by atoms with E-state index in [0.717, 1.165) is 37.8 Å². The molecule has 0 spiro atoms. The normalized spacial score (nSPS) is 27.5. The summed E-state index contributed by atoms with van der Waals surface area (Å²) in [7, 11) is 0. The Morgan fingerprint density at radius 3 is 2.68 bits per heavy atom. The minimum Gasteiger partial charge on any atom is -0.390 e. The lowest BCUT2D eigenvalue weighted by molar-refractivity contribution is -0.00295. The molecular weight excluding hydrogens is 265 g/mol. The lowest BCUT2D eigenvalue weighted by Gasteiger charge is -2.36. The summed E-state index contributed by atoms with van der Waals surface area (Å²) in [5.41, 5.74) is 0.225. The first-order chi connectivity index (χ1) is 9.02. The number of benzene rings is 1. The maximum absolute atomic E-state index is 13.1. The van der Waals surface area contributed by atoms with Gasteiger partial charge in [-0.25, -0.2) is 4.39 Å². The lowest BCUT2D eigenvalue weighted by atomic mass is 9.78. The van der Waals surface area contributed by atoms with Crippen molar-refractivity contribution in [1.82, 2.24) is 5.32 Å². The highest BCUT2D eigenvalue weighted by atomic mass is 35.5. The molecule has 1 saturated carbocycles. The molecule has 0 radical (unpaired) electrons. The highest BCUT2D eigenvalue weighted by Gasteiger charge is 2.33. The van der Waals surface area contributed by atoms with E-state index >= 15 is 0 Å². The molecular formula is C15H21ClFNO. The SMILES string of the molecule is CCNC1CCC(O)(Cc2ccc(F)c(Cl)c2)CC1. The topological polar surface area (TPSA) is 32.3 Å². The van der Waals surface area contributed by atoms with Crippen LogP contribution in [0.3, 0.4) is 0 Å². The first kappa shape index (κ1) is 14.8.